The standard InChI is InChI=1S/C27H29N3O4/c1-34-19-9-10-20-21(12-19)28-25-22(13-31)30(26(33)18-5-3-2-4-6-18)16-27(24(20)25)14-29(15-27)23(32)11-17-7-8-17/h2-6,9-10,12,17,22,28,31H,7-8,11,13-16H2,1H3/t22-/m1/s1. The fourth-order valence-electron chi connectivity index (χ4n) is 5.78. The van der Waals surface area contributed by atoms with E-state index in [1.807, 2.05) is 41.3 Å². The molecule has 2 aliphatic heterocycles. The van der Waals surface area contributed by atoms with Crippen molar-refractivity contribution in [3.05, 3.63) is 65.4 Å². The Morgan fingerprint density at radius 1 is 1.12 bits per heavy atom. The van der Waals surface area contributed by atoms with Gasteiger partial charge in [-0.3, -0.25) is 9.59 Å². The maximum absolute atomic E-state index is 13.6. The number of aromatic amines is 1. The van der Waals surface area contributed by atoms with Gasteiger partial charge in [-0.05, 0) is 48.6 Å². The van der Waals surface area contributed by atoms with Crippen LogP contribution in [0.15, 0.2) is 48.5 Å². The summed E-state index contributed by atoms with van der Waals surface area (Å²) in [6.45, 7) is 1.45. The Hall–Kier alpha value is -3.32. The van der Waals surface area contributed by atoms with Crippen molar-refractivity contribution in [2.24, 2.45) is 5.92 Å². The normalized spacial score (nSPS) is 20.8. The smallest absolute Gasteiger partial charge is 0.254 e. The van der Waals surface area contributed by atoms with Crippen LogP contribution >= 0.6 is 0 Å². The van der Waals surface area contributed by atoms with Crippen LogP contribution in [0.1, 0.15) is 46.9 Å². The number of nitrogens with zero attached hydrogens (tertiary/aromatic N) is 2. The van der Waals surface area contributed by atoms with Gasteiger partial charge < -0.3 is 24.6 Å². The maximum atomic E-state index is 13.6. The Labute approximate surface area is 198 Å². The summed E-state index contributed by atoms with van der Waals surface area (Å²) in [6, 6.07) is 14.7. The quantitative estimate of drug-likeness (QED) is 0.613. The average molecular weight is 460 g/mol. The predicted octanol–water partition coefficient (Wildman–Crippen LogP) is 3.25. The highest BCUT2D eigenvalue weighted by atomic mass is 16.5. The molecule has 1 saturated carbocycles. The minimum atomic E-state index is -0.483. The molecule has 0 unspecified atom stereocenters. The Morgan fingerprint density at radius 2 is 1.88 bits per heavy atom. The van der Waals surface area contributed by atoms with Crippen molar-refractivity contribution < 1.29 is 19.4 Å². The zero-order chi connectivity index (χ0) is 23.4. The van der Waals surface area contributed by atoms with E-state index in [1.165, 1.54) is 0 Å². The summed E-state index contributed by atoms with van der Waals surface area (Å²) >= 11 is 0. The third-order valence-corrected chi connectivity index (χ3v) is 7.70. The van der Waals surface area contributed by atoms with Crippen molar-refractivity contribution in [1.29, 1.82) is 0 Å². The van der Waals surface area contributed by atoms with Crippen molar-refractivity contribution in [1.82, 2.24) is 14.8 Å². The highest BCUT2D eigenvalue weighted by Gasteiger charge is 2.55. The van der Waals surface area contributed by atoms with Crippen LogP contribution in [0.2, 0.25) is 0 Å². The number of carbonyl (C=O) groups is 2. The lowest BCUT2D eigenvalue weighted by Crippen LogP contribution is -2.68. The Bertz CT molecular complexity index is 1260. The zero-order valence-corrected chi connectivity index (χ0v) is 19.3. The van der Waals surface area contributed by atoms with Gasteiger partial charge in [0.2, 0.25) is 5.91 Å². The van der Waals surface area contributed by atoms with E-state index >= 15 is 0 Å². The number of hydrogen-bond donors (Lipinski definition) is 2. The molecule has 0 bridgehead atoms. The van der Waals surface area contributed by atoms with E-state index in [0.29, 0.717) is 37.5 Å². The molecule has 3 heterocycles. The van der Waals surface area contributed by atoms with Crippen LogP contribution in [-0.2, 0) is 10.2 Å². The molecular weight excluding hydrogens is 430 g/mol. The van der Waals surface area contributed by atoms with E-state index in [1.54, 1.807) is 24.1 Å². The maximum Gasteiger partial charge on any atom is 0.254 e. The van der Waals surface area contributed by atoms with Gasteiger partial charge in [0.05, 0.1) is 25.2 Å². The zero-order valence-electron chi connectivity index (χ0n) is 19.3. The van der Waals surface area contributed by atoms with Gasteiger partial charge in [0.25, 0.3) is 5.91 Å². The Balaban J connectivity index is 1.43. The monoisotopic (exact) mass is 459 g/mol. The number of carbonyl (C=O) groups excluding carboxylic acids is 2. The molecular formula is C27H29N3O4. The second kappa shape index (κ2) is 7.87. The van der Waals surface area contributed by atoms with Crippen LogP contribution in [0.5, 0.6) is 5.75 Å². The van der Waals surface area contributed by atoms with Crippen molar-refractivity contribution in [2.75, 3.05) is 33.4 Å². The molecule has 2 fully saturated rings. The SMILES string of the molecule is COc1ccc2c3c([nH]c2c1)[C@@H](CO)N(C(=O)c1ccccc1)CC31CN(C(=O)CC2CC2)C1. The molecule has 176 valence electrons. The molecule has 2 aromatic carbocycles. The van der Waals surface area contributed by atoms with E-state index in [9.17, 15) is 14.7 Å². The predicted molar refractivity (Wildman–Crippen MR) is 128 cm³/mol. The number of aliphatic hydroxyl groups is 1. The van der Waals surface area contributed by atoms with Gasteiger partial charge in [-0.25, -0.2) is 0 Å². The molecule has 1 saturated heterocycles. The van der Waals surface area contributed by atoms with Crippen molar-refractivity contribution in [3.8, 4) is 5.75 Å². The minimum absolute atomic E-state index is 0.108. The van der Waals surface area contributed by atoms with Crippen LogP contribution in [0.3, 0.4) is 0 Å². The summed E-state index contributed by atoms with van der Waals surface area (Å²) in [5.41, 5.74) is 3.13. The van der Waals surface area contributed by atoms with E-state index < -0.39 is 6.04 Å². The summed E-state index contributed by atoms with van der Waals surface area (Å²) in [5, 5.41) is 11.5. The van der Waals surface area contributed by atoms with Crippen LogP contribution in [0, 0.1) is 5.92 Å². The summed E-state index contributed by atoms with van der Waals surface area (Å²) in [7, 11) is 1.64. The largest absolute Gasteiger partial charge is 0.497 e. The van der Waals surface area contributed by atoms with Gasteiger partial charge in [0, 0.05) is 54.3 Å². The molecule has 2 N–H and O–H groups in total. The number of amides is 2. The van der Waals surface area contributed by atoms with Crippen molar-refractivity contribution in [3.63, 3.8) is 0 Å². The number of fused-ring (bicyclic) bond motifs is 4. The first kappa shape index (κ1) is 21.2. The summed E-state index contributed by atoms with van der Waals surface area (Å²) in [6.07, 6.45) is 2.92. The number of nitrogens with one attached hydrogen (secondary N) is 1. The molecule has 7 nitrogen and oxygen atoms in total. The van der Waals surface area contributed by atoms with E-state index in [4.69, 9.17) is 4.74 Å². The average Bonchev–Trinajstić information content (AvgIpc) is 3.57. The summed E-state index contributed by atoms with van der Waals surface area (Å²) < 4.78 is 5.42. The number of hydrogen-bond acceptors (Lipinski definition) is 4. The molecule has 0 radical (unpaired) electrons. The number of H-pyrrole nitrogens is 1. The van der Waals surface area contributed by atoms with Gasteiger partial charge in [-0.1, -0.05) is 18.2 Å². The molecule has 1 atom stereocenters. The van der Waals surface area contributed by atoms with E-state index in [2.05, 4.69) is 4.98 Å². The van der Waals surface area contributed by atoms with E-state index in [0.717, 1.165) is 40.8 Å². The minimum Gasteiger partial charge on any atom is -0.497 e. The van der Waals surface area contributed by atoms with Crippen molar-refractivity contribution in [2.45, 2.75) is 30.7 Å². The van der Waals surface area contributed by atoms with Crippen LogP contribution in [-0.4, -0.2) is 65.1 Å². The summed E-state index contributed by atoms with van der Waals surface area (Å²) in [5.74, 6) is 1.39. The Morgan fingerprint density at radius 3 is 2.56 bits per heavy atom. The first-order valence-corrected chi connectivity index (χ1v) is 12.0. The first-order valence-electron chi connectivity index (χ1n) is 12.0. The molecule has 2 amide bonds. The number of benzene rings is 2. The van der Waals surface area contributed by atoms with Crippen LogP contribution in [0.25, 0.3) is 10.9 Å². The number of aliphatic hydroxyl groups excluding tert-OH is 1. The van der Waals surface area contributed by atoms with Gasteiger partial charge >= 0.3 is 0 Å². The lowest BCUT2D eigenvalue weighted by atomic mass is 9.68. The van der Waals surface area contributed by atoms with Crippen molar-refractivity contribution >= 4 is 22.7 Å². The number of aromatic nitrogens is 1. The molecule has 3 aromatic rings. The molecule has 3 aliphatic rings. The third-order valence-electron chi connectivity index (χ3n) is 7.70. The van der Waals surface area contributed by atoms with Gasteiger partial charge in [0.1, 0.15) is 5.75 Å². The van der Waals surface area contributed by atoms with Gasteiger partial charge in [0.15, 0.2) is 0 Å². The van der Waals surface area contributed by atoms with Gasteiger partial charge in [-0.2, -0.15) is 0 Å². The second-order valence-electron chi connectivity index (χ2n) is 10.0. The number of ether oxygens (including phenoxy) is 1. The number of rotatable bonds is 5. The number of methoxy groups -OCH3 is 1. The highest BCUT2D eigenvalue weighted by Crippen LogP contribution is 2.49. The molecule has 7 heteroatoms. The molecule has 1 aromatic heterocycles. The highest BCUT2D eigenvalue weighted by molar-refractivity contribution is 5.96. The lowest BCUT2D eigenvalue weighted by molar-refractivity contribution is -0.140. The third kappa shape index (κ3) is 3.29. The first-order chi connectivity index (χ1) is 16.5. The molecule has 6 rings (SSSR count). The lowest BCUT2D eigenvalue weighted by Gasteiger charge is -2.56. The van der Waals surface area contributed by atoms with Crippen LogP contribution in [0.4, 0.5) is 0 Å². The topological polar surface area (TPSA) is 85.9 Å². The van der Waals surface area contributed by atoms with E-state index in [-0.39, 0.29) is 23.8 Å². The molecule has 1 aliphatic carbocycles. The second-order valence-corrected chi connectivity index (χ2v) is 10.0. The van der Waals surface area contributed by atoms with Gasteiger partial charge in [-0.15, -0.1) is 0 Å². The number of likely N-dealkylation sites (tertiary alicyclic amines) is 1. The molecule has 1 spiro atoms. The molecule has 34 heavy (non-hydrogen) atoms. The van der Waals surface area contributed by atoms with Crippen LogP contribution < -0.4 is 4.74 Å². The summed E-state index contributed by atoms with van der Waals surface area (Å²) in [4.78, 5) is 33.7. The Kier molecular flexibility index (Phi) is 4.92. The fraction of sp³-hybridized carbons (Fsp3) is 0.407. The fourth-order valence-corrected chi connectivity index (χ4v) is 5.78.